The molecule has 0 spiro atoms. The molecule has 27 heavy (non-hydrogen) atoms. The van der Waals surface area contributed by atoms with Gasteiger partial charge in [-0.05, 0) is 49.4 Å². The highest BCUT2D eigenvalue weighted by Gasteiger charge is 2.29. The summed E-state index contributed by atoms with van der Waals surface area (Å²) >= 11 is 0. The summed E-state index contributed by atoms with van der Waals surface area (Å²) in [6, 6.07) is 13.8. The van der Waals surface area contributed by atoms with Crippen LogP contribution in [0.25, 0.3) is 0 Å². The van der Waals surface area contributed by atoms with Gasteiger partial charge in [0.2, 0.25) is 5.95 Å². The summed E-state index contributed by atoms with van der Waals surface area (Å²) in [5, 5.41) is 6.04. The number of hydrogen-bond donors (Lipinski definition) is 2. The van der Waals surface area contributed by atoms with Crippen molar-refractivity contribution in [3.63, 3.8) is 0 Å². The van der Waals surface area contributed by atoms with Crippen LogP contribution in [0.1, 0.15) is 12.5 Å². The molecule has 2 N–H and O–H groups in total. The maximum Gasteiger partial charge on any atom is 0.416 e. The van der Waals surface area contributed by atoms with E-state index in [9.17, 15) is 13.2 Å². The molecular formula is C19H17F3N4O. The van der Waals surface area contributed by atoms with E-state index in [0.29, 0.717) is 23.9 Å². The van der Waals surface area contributed by atoms with Crippen molar-refractivity contribution in [3.05, 3.63) is 66.4 Å². The van der Waals surface area contributed by atoms with Crippen molar-refractivity contribution < 1.29 is 17.9 Å². The second-order valence-electron chi connectivity index (χ2n) is 5.52. The molecule has 1 heterocycles. The van der Waals surface area contributed by atoms with Crippen molar-refractivity contribution in [1.29, 1.82) is 0 Å². The molecule has 0 atom stereocenters. The first kappa shape index (κ1) is 18.5. The molecule has 2 aromatic carbocycles. The van der Waals surface area contributed by atoms with Gasteiger partial charge in [-0.3, -0.25) is 0 Å². The molecule has 1 aromatic heterocycles. The minimum absolute atomic E-state index is 0.258. The van der Waals surface area contributed by atoms with Gasteiger partial charge in [-0.1, -0.05) is 12.1 Å². The summed E-state index contributed by atoms with van der Waals surface area (Å²) in [4.78, 5) is 8.42. The van der Waals surface area contributed by atoms with E-state index in [1.54, 1.807) is 12.3 Å². The number of halogens is 3. The summed E-state index contributed by atoms with van der Waals surface area (Å²) in [5.41, 5.74) is 0.491. The lowest BCUT2D eigenvalue weighted by atomic mass is 10.2. The molecule has 0 amide bonds. The van der Waals surface area contributed by atoms with Crippen LogP contribution in [0.2, 0.25) is 0 Å². The fraction of sp³-hybridized carbons (Fsp3) is 0.158. The van der Waals surface area contributed by atoms with Crippen LogP contribution in [0.3, 0.4) is 0 Å². The molecule has 0 unspecified atom stereocenters. The lowest BCUT2D eigenvalue weighted by molar-refractivity contribution is -0.137. The highest BCUT2D eigenvalue weighted by atomic mass is 19.4. The van der Waals surface area contributed by atoms with E-state index >= 15 is 0 Å². The maximum atomic E-state index is 12.6. The van der Waals surface area contributed by atoms with Gasteiger partial charge in [-0.25, -0.2) is 4.98 Å². The van der Waals surface area contributed by atoms with Crippen molar-refractivity contribution in [2.45, 2.75) is 13.1 Å². The smallest absolute Gasteiger partial charge is 0.416 e. The molecule has 140 valence electrons. The predicted molar refractivity (Wildman–Crippen MR) is 97.7 cm³/mol. The Morgan fingerprint density at radius 1 is 0.963 bits per heavy atom. The molecule has 0 saturated carbocycles. The van der Waals surface area contributed by atoms with Gasteiger partial charge in [0.25, 0.3) is 0 Å². The van der Waals surface area contributed by atoms with Crippen LogP contribution < -0.4 is 15.4 Å². The van der Waals surface area contributed by atoms with Crippen molar-refractivity contribution in [3.8, 4) is 5.75 Å². The van der Waals surface area contributed by atoms with E-state index in [1.807, 2.05) is 31.2 Å². The van der Waals surface area contributed by atoms with Crippen LogP contribution in [-0.2, 0) is 6.18 Å². The van der Waals surface area contributed by atoms with Crippen molar-refractivity contribution in [1.82, 2.24) is 9.97 Å². The normalized spacial score (nSPS) is 11.1. The van der Waals surface area contributed by atoms with Gasteiger partial charge < -0.3 is 15.4 Å². The van der Waals surface area contributed by atoms with E-state index in [2.05, 4.69) is 20.6 Å². The van der Waals surface area contributed by atoms with Crippen molar-refractivity contribution in [2.24, 2.45) is 0 Å². The van der Waals surface area contributed by atoms with E-state index in [4.69, 9.17) is 4.74 Å². The van der Waals surface area contributed by atoms with Crippen LogP contribution in [0.5, 0.6) is 5.75 Å². The van der Waals surface area contributed by atoms with Gasteiger partial charge in [-0.15, -0.1) is 0 Å². The molecule has 8 heteroatoms. The first-order valence-corrected chi connectivity index (χ1v) is 8.22. The van der Waals surface area contributed by atoms with Crippen LogP contribution in [0.15, 0.2) is 60.8 Å². The fourth-order valence-corrected chi connectivity index (χ4v) is 2.35. The highest BCUT2D eigenvalue weighted by Crippen LogP contribution is 2.30. The van der Waals surface area contributed by atoms with Gasteiger partial charge in [0.05, 0.1) is 17.9 Å². The number of nitrogens with zero attached hydrogens (tertiary/aromatic N) is 2. The number of aromatic nitrogens is 2. The third-order valence-corrected chi connectivity index (χ3v) is 3.57. The number of nitrogens with one attached hydrogen (secondary N) is 2. The molecule has 0 bridgehead atoms. The number of hydrogen-bond acceptors (Lipinski definition) is 5. The van der Waals surface area contributed by atoms with E-state index in [1.165, 1.54) is 12.1 Å². The lowest BCUT2D eigenvalue weighted by Gasteiger charge is -2.12. The van der Waals surface area contributed by atoms with Crippen molar-refractivity contribution in [2.75, 3.05) is 17.2 Å². The minimum Gasteiger partial charge on any atom is -0.492 e. The zero-order valence-corrected chi connectivity index (χ0v) is 14.4. The Morgan fingerprint density at radius 3 is 2.41 bits per heavy atom. The highest BCUT2D eigenvalue weighted by molar-refractivity contribution is 5.65. The van der Waals surface area contributed by atoms with E-state index in [-0.39, 0.29) is 5.95 Å². The third kappa shape index (κ3) is 4.87. The molecule has 5 nitrogen and oxygen atoms in total. The molecular weight excluding hydrogens is 357 g/mol. The molecule has 0 aliphatic heterocycles. The predicted octanol–water partition coefficient (Wildman–Crippen LogP) is 5.38. The van der Waals surface area contributed by atoms with Gasteiger partial charge in [-0.2, -0.15) is 18.2 Å². The second kappa shape index (κ2) is 7.94. The monoisotopic (exact) mass is 374 g/mol. The first-order chi connectivity index (χ1) is 13.0. The van der Waals surface area contributed by atoms with Gasteiger partial charge in [0, 0.05) is 11.9 Å². The number of alkyl halides is 3. The summed E-state index contributed by atoms with van der Waals surface area (Å²) < 4.78 is 43.5. The number of anilines is 4. The second-order valence-corrected chi connectivity index (χ2v) is 5.52. The topological polar surface area (TPSA) is 59.1 Å². The Labute approximate surface area is 154 Å². The fourth-order valence-electron chi connectivity index (χ4n) is 2.35. The van der Waals surface area contributed by atoms with Crippen LogP contribution in [0, 0.1) is 0 Å². The largest absolute Gasteiger partial charge is 0.492 e. The zero-order valence-electron chi connectivity index (χ0n) is 14.4. The molecule has 3 rings (SSSR count). The van der Waals surface area contributed by atoms with Crippen LogP contribution >= 0.6 is 0 Å². The molecule has 0 aliphatic rings. The molecule has 0 saturated heterocycles. The Kier molecular flexibility index (Phi) is 5.44. The van der Waals surface area contributed by atoms with Gasteiger partial charge >= 0.3 is 6.18 Å². The Balaban J connectivity index is 1.74. The first-order valence-electron chi connectivity index (χ1n) is 8.22. The standard InChI is InChI=1S/C19H17F3N4O/c1-2-27-16-6-4-3-5-15(16)25-17-11-12-23-18(26-17)24-14-9-7-13(8-10-14)19(20,21)22/h3-12H,2H2,1H3,(H2,23,24,25,26). The minimum atomic E-state index is -4.37. The number of para-hydroxylation sites is 2. The van der Waals surface area contributed by atoms with Crippen LogP contribution in [-0.4, -0.2) is 16.6 Å². The Bertz CT molecular complexity index is 898. The number of ether oxygens (including phenoxy) is 1. The van der Waals surface area contributed by atoms with E-state index < -0.39 is 11.7 Å². The summed E-state index contributed by atoms with van der Waals surface area (Å²) in [5.74, 6) is 1.47. The maximum absolute atomic E-state index is 12.6. The lowest BCUT2D eigenvalue weighted by Crippen LogP contribution is -2.05. The Morgan fingerprint density at radius 2 is 1.70 bits per heavy atom. The average molecular weight is 374 g/mol. The zero-order chi connectivity index (χ0) is 19.3. The average Bonchev–Trinajstić information content (AvgIpc) is 2.64. The Hall–Kier alpha value is -3.29. The molecule has 0 aliphatic carbocycles. The van der Waals surface area contributed by atoms with Gasteiger partial charge in [0.15, 0.2) is 0 Å². The SMILES string of the molecule is CCOc1ccccc1Nc1ccnc(Nc2ccc(C(F)(F)F)cc2)n1. The number of rotatable bonds is 6. The molecule has 3 aromatic rings. The van der Waals surface area contributed by atoms with Gasteiger partial charge in [0.1, 0.15) is 11.6 Å². The molecule has 0 fully saturated rings. The van der Waals surface area contributed by atoms with Crippen molar-refractivity contribution >= 4 is 23.1 Å². The molecule has 0 radical (unpaired) electrons. The quantitative estimate of drug-likeness (QED) is 0.606. The summed E-state index contributed by atoms with van der Waals surface area (Å²) in [6.45, 7) is 2.43. The number of benzene rings is 2. The van der Waals surface area contributed by atoms with E-state index in [0.717, 1.165) is 17.8 Å². The third-order valence-electron chi connectivity index (χ3n) is 3.57. The summed E-state index contributed by atoms with van der Waals surface area (Å²) in [6.07, 6.45) is -2.82. The van der Waals surface area contributed by atoms with Crippen LogP contribution in [0.4, 0.5) is 36.3 Å². The summed E-state index contributed by atoms with van der Waals surface area (Å²) in [7, 11) is 0.